The molecule has 0 saturated carbocycles. The van der Waals surface area contributed by atoms with Crippen LogP contribution < -0.4 is 10.1 Å². The molecule has 0 aliphatic carbocycles. The van der Waals surface area contributed by atoms with Gasteiger partial charge in [0.25, 0.3) is 0 Å². The van der Waals surface area contributed by atoms with E-state index in [0.717, 1.165) is 12.1 Å². The number of hydrogen-bond donors (Lipinski definition) is 1. The van der Waals surface area contributed by atoms with Gasteiger partial charge in [-0.25, -0.2) is 13.8 Å². The number of nitrogens with zero attached hydrogens (tertiary/aromatic N) is 1. The molecule has 158 valence electrons. The van der Waals surface area contributed by atoms with Crippen molar-refractivity contribution in [3.05, 3.63) is 71.8 Å². The highest BCUT2D eigenvalue weighted by molar-refractivity contribution is 5.76. The van der Waals surface area contributed by atoms with Crippen molar-refractivity contribution in [3.8, 4) is 17.1 Å². The van der Waals surface area contributed by atoms with Gasteiger partial charge in [-0.2, -0.15) is 0 Å². The topological polar surface area (TPSA) is 64.4 Å². The van der Waals surface area contributed by atoms with Crippen LogP contribution in [0.25, 0.3) is 11.3 Å². The van der Waals surface area contributed by atoms with Crippen LogP contribution >= 0.6 is 0 Å². The van der Waals surface area contributed by atoms with Crippen LogP contribution in [-0.4, -0.2) is 17.3 Å². The molecule has 1 heterocycles. The van der Waals surface area contributed by atoms with Gasteiger partial charge < -0.3 is 14.5 Å². The molecule has 3 aromatic rings. The summed E-state index contributed by atoms with van der Waals surface area (Å²) in [5, 5.41) is 2.49. The molecule has 2 aromatic carbocycles. The van der Waals surface area contributed by atoms with Gasteiger partial charge in [-0.15, -0.1) is 13.2 Å². The highest BCUT2D eigenvalue weighted by Gasteiger charge is 2.32. The third-order valence-corrected chi connectivity index (χ3v) is 3.99. The van der Waals surface area contributed by atoms with E-state index in [2.05, 4.69) is 15.0 Å². The zero-order valence-corrected chi connectivity index (χ0v) is 15.3. The number of carbonyl (C=O) groups excluding carboxylic acids is 1. The van der Waals surface area contributed by atoms with Crippen molar-refractivity contribution in [2.45, 2.75) is 25.7 Å². The van der Waals surface area contributed by atoms with E-state index in [1.807, 2.05) is 0 Å². The van der Waals surface area contributed by atoms with Gasteiger partial charge in [-0.1, -0.05) is 18.2 Å². The standard InChI is InChI=1S/C20H15F5N2O3/c21-13-5-6-14(15(22)9-13)17-11-27-19(29-17)8-7-18(28)26-10-12-3-1-2-4-16(12)30-20(23,24)25/h1-6,9,11H,7-8,10H2,(H,26,28). The van der Waals surface area contributed by atoms with Gasteiger partial charge in [0.1, 0.15) is 17.4 Å². The third kappa shape index (κ3) is 5.79. The summed E-state index contributed by atoms with van der Waals surface area (Å²) in [5.41, 5.74) is 0.189. The molecule has 0 aliphatic heterocycles. The summed E-state index contributed by atoms with van der Waals surface area (Å²) in [6.45, 7) is -0.164. The Morgan fingerprint density at radius 2 is 1.90 bits per heavy atom. The van der Waals surface area contributed by atoms with Crippen molar-refractivity contribution < 1.29 is 35.9 Å². The zero-order chi connectivity index (χ0) is 21.7. The molecule has 0 bridgehead atoms. The number of rotatable bonds is 7. The average Bonchev–Trinajstić information content (AvgIpc) is 3.13. The predicted octanol–water partition coefficient (Wildman–Crippen LogP) is 4.77. The second-order valence-corrected chi connectivity index (χ2v) is 6.17. The molecule has 0 saturated heterocycles. The number of aromatic nitrogens is 1. The molecular weight excluding hydrogens is 411 g/mol. The van der Waals surface area contributed by atoms with Crippen LogP contribution in [0.1, 0.15) is 17.9 Å². The van der Waals surface area contributed by atoms with Crippen LogP contribution in [0.3, 0.4) is 0 Å². The molecule has 0 atom stereocenters. The van der Waals surface area contributed by atoms with E-state index >= 15 is 0 Å². The SMILES string of the molecule is O=C(CCc1ncc(-c2ccc(F)cc2F)o1)NCc1ccccc1OC(F)(F)F. The normalized spacial score (nSPS) is 11.4. The van der Waals surface area contributed by atoms with Crippen LogP contribution in [0, 0.1) is 11.6 Å². The smallest absolute Gasteiger partial charge is 0.441 e. The number of aryl methyl sites for hydroxylation is 1. The summed E-state index contributed by atoms with van der Waals surface area (Å²) in [7, 11) is 0. The summed E-state index contributed by atoms with van der Waals surface area (Å²) >= 11 is 0. The maximum atomic E-state index is 13.8. The van der Waals surface area contributed by atoms with Gasteiger partial charge in [0.05, 0.1) is 11.8 Å². The van der Waals surface area contributed by atoms with Crippen molar-refractivity contribution in [1.29, 1.82) is 0 Å². The molecule has 0 radical (unpaired) electrons. The molecule has 30 heavy (non-hydrogen) atoms. The Bertz CT molecular complexity index is 1030. The van der Waals surface area contributed by atoms with E-state index in [-0.39, 0.29) is 42.2 Å². The lowest BCUT2D eigenvalue weighted by Crippen LogP contribution is -2.24. The van der Waals surface area contributed by atoms with Gasteiger partial charge in [0.15, 0.2) is 11.7 Å². The second-order valence-electron chi connectivity index (χ2n) is 6.17. The lowest BCUT2D eigenvalue weighted by molar-refractivity contribution is -0.274. The fourth-order valence-electron chi connectivity index (χ4n) is 2.62. The van der Waals surface area contributed by atoms with E-state index < -0.39 is 29.7 Å². The average molecular weight is 426 g/mol. The van der Waals surface area contributed by atoms with E-state index in [1.165, 1.54) is 30.5 Å². The molecule has 0 spiro atoms. The number of benzene rings is 2. The summed E-state index contributed by atoms with van der Waals surface area (Å²) in [6.07, 6.45) is -3.56. The number of carbonyl (C=O) groups is 1. The number of amides is 1. The monoisotopic (exact) mass is 426 g/mol. The number of hydrogen-bond acceptors (Lipinski definition) is 4. The van der Waals surface area contributed by atoms with Crippen LogP contribution in [0.15, 0.2) is 53.1 Å². The maximum Gasteiger partial charge on any atom is 0.573 e. The van der Waals surface area contributed by atoms with Crippen molar-refractivity contribution >= 4 is 5.91 Å². The van der Waals surface area contributed by atoms with Crippen molar-refractivity contribution in [2.24, 2.45) is 0 Å². The maximum absolute atomic E-state index is 13.8. The van der Waals surface area contributed by atoms with Gasteiger partial charge in [-0.3, -0.25) is 4.79 Å². The zero-order valence-electron chi connectivity index (χ0n) is 15.3. The number of oxazole rings is 1. The minimum atomic E-state index is -4.84. The van der Waals surface area contributed by atoms with Gasteiger partial charge in [0, 0.05) is 31.0 Å². The molecule has 0 aliphatic rings. The highest BCUT2D eigenvalue weighted by atomic mass is 19.4. The van der Waals surface area contributed by atoms with E-state index in [4.69, 9.17) is 4.42 Å². The molecule has 3 rings (SSSR count). The number of nitrogens with one attached hydrogen (secondary N) is 1. The minimum absolute atomic E-state index is 0.0286. The van der Waals surface area contributed by atoms with Crippen molar-refractivity contribution in [3.63, 3.8) is 0 Å². The van der Waals surface area contributed by atoms with E-state index in [0.29, 0.717) is 6.07 Å². The van der Waals surface area contributed by atoms with Gasteiger partial charge in [0.2, 0.25) is 5.91 Å². The number of ether oxygens (including phenoxy) is 1. The fourth-order valence-corrected chi connectivity index (χ4v) is 2.62. The quantitative estimate of drug-likeness (QED) is 0.553. The Labute approximate surface area is 167 Å². The molecule has 5 nitrogen and oxygen atoms in total. The van der Waals surface area contributed by atoms with Gasteiger partial charge >= 0.3 is 6.36 Å². The molecule has 1 aromatic heterocycles. The van der Waals surface area contributed by atoms with E-state index in [1.54, 1.807) is 0 Å². The molecule has 1 N–H and O–H groups in total. The Balaban J connectivity index is 1.54. The minimum Gasteiger partial charge on any atom is -0.441 e. The molecular formula is C20H15F5N2O3. The summed E-state index contributed by atoms with van der Waals surface area (Å²) in [5.74, 6) is -2.15. The summed E-state index contributed by atoms with van der Waals surface area (Å²) in [6, 6.07) is 8.46. The Morgan fingerprint density at radius 3 is 2.63 bits per heavy atom. The lowest BCUT2D eigenvalue weighted by atomic mass is 10.2. The molecule has 0 unspecified atom stereocenters. The summed E-state index contributed by atoms with van der Waals surface area (Å²) < 4.78 is 73.4. The first kappa shape index (κ1) is 21.3. The van der Waals surface area contributed by atoms with E-state index in [9.17, 15) is 26.7 Å². The third-order valence-electron chi connectivity index (χ3n) is 3.99. The predicted molar refractivity (Wildman–Crippen MR) is 95.1 cm³/mol. The molecule has 1 amide bonds. The van der Waals surface area contributed by atoms with Crippen molar-refractivity contribution in [2.75, 3.05) is 0 Å². The Kier molecular flexibility index (Phi) is 6.34. The number of halogens is 5. The van der Waals surface area contributed by atoms with Crippen LogP contribution in [0.4, 0.5) is 22.0 Å². The second kappa shape index (κ2) is 8.93. The van der Waals surface area contributed by atoms with Crippen LogP contribution in [-0.2, 0) is 17.8 Å². The Morgan fingerprint density at radius 1 is 1.13 bits per heavy atom. The highest BCUT2D eigenvalue weighted by Crippen LogP contribution is 2.26. The molecule has 0 fully saturated rings. The first-order chi connectivity index (χ1) is 14.2. The van der Waals surface area contributed by atoms with Crippen LogP contribution in [0.5, 0.6) is 5.75 Å². The van der Waals surface area contributed by atoms with Crippen molar-refractivity contribution in [1.82, 2.24) is 10.3 Å². The Hall–Kier alpha value is -3.43. The fraction of sp³-hybridized carbons (Fsp3) is 0.200. The van der Waals surface area contributed by atoms with Gasteiger partial charge in [-0.05, 0) is 18.2 Å². The first-order valence-electron chi connectivity index (χ1n) is 8.72. The van der Waals surface area contributed by atoms with Crippen LogP contribution in [0.2, 0.25) is 0 Å². The largest absolute Gasteiger partial charge is 0.573 e. The number of para-hydroxylation sites is 1. The number of alkyl halides is 3. The lowest BCUT2D eigenvalue weighted by Gasteiger charge is -2.13. The summed E-state index contributed by atoms with van der Waals surface area (Å²) in [4.78, 5) is 16.0. The first-order valence-corrected chi connectivity index (χ1v) is 8.72. The molecule has 10 heteroatoms.